The van der Waals surface area contributed by atoms with Crippen molar-refractivity contribution in [3.63, 3.8) is 0 Å². The molecule has 0 saturated heterocycles. The van der Waals surface area contributed by atoms with Gasteiger partial charge in [-0.25, -0.2) is 4.98 Å². The summed E-state index contributed by atoms with van der Waals surface area (Å²) in [6.45, 7) is 0.604. The van der Waals surface area contributed by atoms with Gasteiger partial charge in [-0.2, -0.15) is 0 Å². The Kier molecular flexibility index (Phi) is 5.28. The van der Waals surface area contributed by atoms with E-state index < -0.39 is 0 Å². The van der Waals surface area contributed by atoms with Crippen molar-refractivity contribution in [2.75, 3.05) is 19.0 Å². The van der Waals surface area contributed by atoms with E-state index in [0.29, 0.717) is 25.0 Å². The number of aromatic nitrogens is 2. The van der Waals surface area contributed by atoms with Crippen molar-refractivity contribution in [1.29, 1.82) is 0 Å². The van der Waals surface area contributed by atoms with Gasteiger partial charge in [-0.3, -0.25) is 10.1 Å². The minimum Gasteiger partial charge on any atom is -0.385 e. The molecule has 5 nitrogen and oxygen atoms in total. The van der Waals surface area contributed by atoms with Crippen LogP contribution in [-0.2, 0) is 9.53 Å². The molecule has 1 heterocycles. The van der Waals surface area contributed by atoms with E-state index in [9.17, 15) is 4.79 Å². The number of para-hydroxylation sites is 2. The van der Waals surface area contributed by atoms with E-state index in [1.54, 1.807) is 7.11 Å². The topological polar surface area (TPSA) is 56.1 Å². The Bertz CT molecular complexity index is 659. The molecule has 0 atom stereocenters. The summed E-state index contributed by atoms with van der Waals surface area (Å²) in [5.74, 6) is 0.704. The van der Waals surface area contributed by atoms with Crippen LogP contribution in [0.2, 0.25) is 0 Å². The average Bonchev–Trinajstić information content (AvgIpc) is 2.93. The standard InChI is InChI=1S/C18H25N3O2/c1-23-13-7-12-17(22)20-18-19-15-10-5-6-11-16(15)21(18)14-8-3-2-4-9-14/h5-6,10-11,14H,2-4,7-9,12-13H2,1H3,(H,19,20,22). The zero-order chi connectivity index (χ0) is 16.1. The van der Waals surface area contributed by atoms with Gasteiger partial charge in [0.25, 0.3) is 0 Å². The van der Waals surface area contributed by atoms with Crippen molar-refractivity contribution < 1.29 is 9.53 Å². The van der Waals surface area contributed by atoms with Gasteiger partial charge >= 0.3 is 0 Å². The highest BCUT2D eigenvalue weighted by molar-refractivity contribution is 5.91. The summed E-state index contributed by atoms with van der Waals surface area (Å²) in [4.78, 5) is 16.8. The smallest absolute Gasteiger partial charge is 0.226 e. The van der Waals surface area contributed by atoms with Crippen molar-refractivity contribution >= 4 is 22.9 Å². The fraction of sp³-hybridized carbons (Fsp3) is 0.556. The SMILES string of the molecule is COCCCC(=O)Nc1nc2ccccc2n1C1CCCCC1. The van der Waals surface area contributed by atoms with Gasteiger partial charge in [0.1, 0.15) is 0 Å². The van der Waals surface area contributed by atoms with E-state index >= 15 is 0 Å². The molecule has 0 radical (unpaired) electrons. The molecule has 1 amide bonds. The third-order valence-corrected chi connectivity index (χ3v) is 4.54. The molecule has 1 saturated carbocycles. The number of fused-ring (bicyclic) bond motifs is 1. The molecule has 3 rings (SSSR count). The minimum absolute atomic E-state index is 0.00872. The second kappa shape index (κ2) is 7.59. The lowest BCUT2D eigenvalue weighted by molar-refractivity contribution is -0.116. The number of benzene rings is 1. The Morgan fingerprint density at radius 1 is 1.30 bits per heavy atom. The Morgan fingerprint density at radius 2 is 2.09 bits per heavy atom. The normalized spacial score (nSPS) is 15.9. The first-order chi connectivity index (χ1) is 11.3. The van der Waals surface area contributed by atoms with Crippen LogP contribution < -0.4 is 5.32 Å². The number of amides is 1. The zero-order valence-electron chi connectivity index (χ0n) is 13.8. The molecule has 23 heavy (non-hydrogen) atoms. The molecule has 1 aliphatic rings. The first-order valence-corrected chi connectivity index (χ1v) is 8.55. The lowest BCUT2D eigenvalue weighted by atomic mass is 9.95. The van der Waals surface area contributed by atoms with Gasteiger partial charge in [0.15, 0.2) is 0 Å². The molecule has 2 aromatic rings. The van der Waals surface area contributed by atoms with Crippen LogP contribution in [0.4, 0.5) is 5.95 Å². The minimum atomic E-state index is 0.00872. The van der Waals surface area contributed by atoms with Crippen molar-refractivity contribution in [3.05, 3.63) is 24.3 Å². The largest absolute Gasteiger partial charge is 0.385 e. The predicted octanol–water partition coefficient (Wildman–Crippen LogP) is 3.91. The molecular weight excluding hydrogens is 290 g/mol. The molecule has 5 heteroatoms. The number of carbonyl (C=O) groups is 1. The quantitative estimate of drug-likeness (QED) is 0.822. The Morgan fingerprint density at radius 3 is 2.87 bits per heavy atom. The first kappa shape index (κ1) is 16.0. The Balaban J connectivity index is 1.84. The number of anilines is 1. The number of methoxy groups -OCH3 is 1. The second-order valence-electron chi connectivity index (χ2n) is 6.23. The monoisotopic (exact) mass is 315 g/mol. The van der Waals surface area contributed by atoms with E-state index in [-0.39, 0.29) is 5.91 Å². The number of hydrogen-bond donors (Lipinski definition) is 1. The molecular formula is C18H25N3O2. The van der Waals surface area contributed by atoms with Gasteiger partial charge in [0.05, 0.1) is 11.0 Å². The molecule has 1 fully saturated rings. The van der Waals surface area contributed by atoms with Crippen LogP contribution in [0.1, 0.15) is 51.0 Å². The van der Waals surface area contributed by atoms with E-state index in [1.807, 2.05) is 18.2 Å². The Hall–Kier alpha value is -1.88. The third-order valence-electron chi connectivity index (χ3n) is 4.54. The van der Waals surface area contributed by atoms with Gasteiger partial charge < -0.3 is 9.30 Å². The maximum atomic E-state index is 12.2. The number of nitrogens with one attached hydrogen (secondary N) is 1. The number of hydrogen-bond acceptors (Lipinski definition) is 3. The summed E-state index contributed by atoms with van der Waals surface area (Å²) in [5, 5.41) is 3.01. The van der Waals surface area contributed by atoms with Gasteiger partial charge in [-0.05, 0) is 31.4 Å². The van der Waals surface area contributed by atoms with Gasteiger partial charge in [0.2, 0.25) is 11.9 Å². The summed E-state index contributed by atoms with van der Waals surface area (Å²) >= 11 is 0. The first-order valence-electron chi connectivity index (χ1n) is 8.55. The van der Waals surface area contributed by atoms with E-state index in [4.69, 9.17) is 4.74 Å². The van der Waals surface area contributed by atoms with Crippen molar-refractivity contribution in [3.8, 4) is 0 Å². The van der Waals surface area contributed by atoms with E-state index in [2.05, 4.69) is 20.9 Å². The van der Waals surface area contributed by atoms with Crippen molar-refractivity contribution in [2.24, 2.45) is 0 Å². The van der Waals surface area contributed by atoms with Gasteiger partial charge in [-0.15, -0.1) is 0 Å². The van der Waals surface area contributed by atoms with Crippen LogP contribution in [0.5, 0.6) is 0 Å². The molecule has 0 unspecified atom stereocenters. The number of ether oxygens (including phenoxy) is 1. The Labute approximate surface area is 137 Å². The summed E-state index contributed by atoms with van der Waals surface area (Å²) in [6.07, 6.45) is 7.31. The number of nitrogens with zero attached hydrogens (tertiary/aromatic N) is 2. The summed E-state index contributed by atoms with van der Waals surface area (Å²) in [6, 6.07) is 8.57. The molecule has 124 valence electrons. The highest BCUT2D eigenvalue weighted by Crippen LogP contribution is 2.34. The molecule has 1 aromatic carbocycles. The number of rotatable bonds is 6. The summed E-state index contributed by atoms with van der Waals surface area (Å²) < 4.78 is 7.25. The lowest BCUT2D eigenvalue weighted by Crippen LogP contribution is -2.20. The predicted molar refractivity (Wildman–Crippen MR) is 91.6 cm³/mol. The maximum absolute atomic E-state index is 12.2. The molecule has 1 aromatic heterocycles. The molecule has 1 N–H and O–H groups in total. The van der Waals surface area contributed by atoms with E-state index in [0.717, 1.165) is 30.3 Å². The van der Waals surface area contributed by atoms with Crippen molar-refractivity contribution in [1.82, 2.24) is 9.55 Å². The van der Waals surface area contributed by atoms with Crippen LogP contribution >= 0.6 is 0 Å². The number of carbonyl (C=O) groups excluding carboxylic acids is 1. The summed E-state index contributed by atoms with van der Waals surface area (Å²) in [5.41, 5.74) is 2.07. The summed E-state index contributed by atoms with van der Waals surface area (Å²) in [7, 11) is 1.65. The van der Waals surface area contributed by atoms with Crippen LogP contribution in [0.15, 0.2) is 24.3 Å². The third kappa shape index (κ3) is 3.72. The maximum Gasteiger partial charge on any atom is 0.226 e. The van der Waals surface area contributed by atoms with Crippen LogP contribution in [0, 0.1) is 0 Å². The fourth-order valence-corrected chi connectivity index (χ4v) is 3.41. The second-order valence-corrected chi connectivity index (χ2v) is 6.23. The van der Waals surface area contributed by atoms with Gasteiger partial charge in [0, 0.05) is 26.2 Å². The molecule has 1 aliphatic carbocycles. The van der Waals surface area contributed by atoms with E-state index in [1.165, 1.54) is 19.3 Å². The zero-order valence-corrected chi connectivity index (χ0v) is 13.8. The lowest BCUT2D eigenvalue weighted by Gasteiger charge is -2.25. The van der Waals surface area contributed by atoms with Crippen LogP contribution in [0.25, 0.3) is 11.0 Å². The fourth-order valence-electron chi connectivity index (χ4n) is 3.41. The van der Waals surface area contributed by atoms with Crippen LogP contribution in [-0.4, -0.2) is 29.2 Å². The average molecular weight is 315 g/mol. The highest BCUT2D eigenvalue weighted by Gasteiger charge is 2.22. The molecule has 0 bridgehead atoms. The highest BCUT2D eigenvalue weighted by atomic mass is 16.5. The molecule has 0 spiro atoms. The number of imidazole rings is 1. The van der Waals surface area contributed by atoms with Crippen molar-refractivity contribution in [2.45, 2.75) is 51.0 Å². The van der Waals surface area contributed by atoms with Crippen LogP contribution in [0.3, 0.4) is 0 Å². The van der Waals surface area contributed by atoms with Gasteiger partial charge in [-0.1, -0.05) is 31.4 Å². The molecule has 0 aliphatic heterocycles.